The van der Waals surface area contributed by atoms with E-state index in [1.54, 1.807) is 28.2 Å². The Morgan fingerprint density at radius 1 is 1.14 bits per heavy atom. The number of nitrogens with zero attached hydrogens (tertiary/aromatic N) is 5. The number of aromatic nitrogens is 3. The van der Waals surface area contributed by atoms with Crippen molar-refractivity contribution >= 4 is 40.4 Å². The number of benzene rings is 1. The summed E-state index contributed by atoms with van der Waals surface area (Å²) in [5.74, 6) is -0.0791. The van der Waals surface area contributed by atoms with Gasteiger partial charge < -0.3 is 4.90 Å². The van der Waals surface area contributed by atoms with Crippen LogP contribution in [0.15, 0.2) is 36.4 Å². The molecule has 9 heteroatoms. The SMILES string of the molecule is Cc1c(C(=O)N2CCN(Cc3ccc(Cl)s3)CC2)nnn1-c1cccc(Cl)c1. The highest BCUT2D eigenvalue weighted by Gasteiger charge is 2.26. The van der Waals surface area contributed by atoms with Crippen LogP contribution in [0.2, 0.25) is 9.36 Å². The molecule has 6 nitrogen and oxygen atoms in total. The number of hydrogen-bond donors (Lipinski definition) is 0. The lowest BCUT2D eigenvalue weighted by atomic mass is 10.2. The zero-order chi connectivity index (χ0) is 19.7. The van der Waals surface area contributed by atoms with Gasteiger partial charge in [0.05, 0.1) is 15.7 Å². The number of amides is 1. The second-order valence-electron chi connectivity index (χ2n) is 6.69. The van der Waals surface area contributed by atoms with Crippen molar-refractivity contribution in [3.63, 3.8) is 0 Å². The largest absolute Gasteiger partial charge is 0.335 e. The van der Waals surface area contributed by atoms with E-state index in [0.29, 0.717) is 29.5 Å². The summed E-state index contributed by atoms with van der Waals surface area (Å²) in [6, 6.07) is 11.3. The van der Waals surface area contributed by atoms with Crippen LogP contribution >= 0.6 is 34.5 Å². The molecule has 0 N–H and O–H groups in total. The van der Waals surface area contributed by atoms with Gasteiger partial charge in [0.2, 0.25) is 0 Å². The van der Waals surface area contributed by atoms with Crippen molar-refractivity contribution in [1.82, 2.24) is 24.8 Å². The molecule has 1 amide bonds. The van der Waals surface area contributed by atoms with Gasteiger partial charge in [-0.15, -0.1) is 16.4 Å². The van der Waals surface area contributed by atoms with Crippen molar-refractivity contribution in [2.75, 3.05) is 26.2 Å². The van der Waals surface area contributed by atoms with Gasteiger partial charge in [-0.25, -0.2) is 4.68 Å². The van der Waals surface area contributed by atoms with Crippen molar-refractivity contribution in [3.05, 3.63) is 62.0 Å². The van der Waals surface area contributed by atoms with Crippen LogP contribution in [-0.2, 0) is 6.54 Å². The summed E-state index contributed by atoms with van der Waals surface area (Å²) in [7, 11) is 0. The van der Waals surface area contributed by atoms with Crippen molar-refractivity contribution in [1.29, 1.82) is 0 Å². The smallest absolute Gasteiger partial charge is 0.276 e. The molecule has 2 aromatic heterocycles. The second kappa shape index (κ2) is 8.21. The standard InChI is InChI=1S/C19H19Cl2N5OS/c1-13-18(22-23-26(13)15-4-2-3-14(20)11-15)19(27)25-9-7-24(8-10-25)12-16-5-6-17(21)28-16/h2-6,11H,7-10,12H2,1H3. The van der Waals surface area contributed by atoms with Gasteiger partial charge in [0.25, 0.3) is 5.91 Å². The van der Waals surface area contributed by atoms with Crippen LogP contribution in [0.25, 0.3) is 5.69 Å². The maximum Gasteiger partial charge on any atom is 0.276 e. The second-order valence-corrected chi connectivity index (χ2v) is 8.93. The molecule has 1 aliphatic rings. The summed E-state index contributed by atoms with van der Waals surface area (Å²) < 4.78 is 2.46. The summed E-state index contributed by atoms with van der Waals surface area (Å²) in [5, 5.41) is 8.91. The van der Waals surface area contributed by atoms with E-state index >= 15 is 0 Å². The lowest BCUT2D eigenvalue weighted by molar-refractivity contribution is 0.0623. The number of hydrogen-bond acceptors (Lipinski definition) is 5. The fraction of sp³-hybridized carbons (Fsp3) is 0.316. The van der Waals surface area contributed by atoms with Crippen LogP contribution in [0.3, 0.4) is 0 Å². The molecule has 146 valence electrons. The van der Waals surface area contributed by atoms with Crippen molar-refractivity contribution in [2.24, 2.45) is 0 Å². The van der Waals surface area contributed by atoms with E-state index in [9.17, 15) is 4.79 Å². The summed E-state index contributed by atoms with van der Waals surface area (Å²) in [5.41, 5.74) is 1.89. The van der Waals surface area contributed by atoms with Gasteiger partial charge in [-0.3, -0.25) is 9.69 Å². The fourth-order valence-electron chi connectivity index (χ4n) is 3.30. The molecule has 0 atom stereocenters. The first-order chi connectivity index (χ1) is 13.5. The number of carbonyl (C=O) groups is 1. The molecule has 0 unspecified atom stereocenters. The third-order valence-corrected chi connectivity index (χ3v) is 6.27. The molecular weight excluding hydrogens is 417 g/mol. The molecule has 1 aliphatic heterocycles. The Morgan fingerprint density at radius 2 is 1.93 bits per heavy atom. The van der Waals surface area contributed by atoms with Gasteiger partial charge in [-0.1, -0.05) is 34.5 Å². The molecule has 1 fully saturated rings. The normalized spacial score (nSPS) is 15.2. The summed E-state index contributed by atoms with van der Waals surface area (Å²) in [6.07, 6.45) is 0. The molecule has 0 bridgehead atoms. The van der Waals surface area contributed by atoms with Crippen molar-refractivity contribution in [3.8, 4) is 5.69 Å². The molecule has 4 rings (SSSR count). The number of carbonyl (C=O) groups excluding carboxylic acids is 1. The average molecular weight is 436 g/mol. The van der Waals surface area contributed by atoms with Crippen LogP contribution in [0.1, 0.15) is 21.1 Å². The Hall–Kier alpha value is -1.93. The summed E-state index contributed by atoms with van der Waals surface area (Å²) in [6.45, 7) is 5.70. The molecule has 3 aromatic rings. The zero-order valence-corrected chi connectivity index (χ0v) is 17.6. The van der Waals surface area contributed by atoms with Crippen LogP contribution in [-0.4, -0.2) is 56.9 Å². The van der Waals surface area contributed by atoms with E-state index in [2.05, 4.69) is 21.3 Å². The molecule has 1 saturated heterocycles. The highest BCUT2D eigenvalue weighted by molar-refractivity contribution is 7.16. The van der Waals surface area contributed by atoms with E-state index in [-0.39, 0.29) is 5.91 Å². The number of rotatable bonds is 4. The Morgan fingerprint density at radius 3 is 2.61 bits per heavy atom. The minimum Gasteiger partial charge on any atom is -0.335 e. The molecular formula is C19H19Cl2N5OS. The quantitative estimate of drug-likeness (QED) is 0.623. The first-order valence-electron chi connectivity index (χ1n) is 8.95. The van der Waals surface area contributed by atoms with Gasteiger partial charge in [0.15, 0.2) is 5.69 Å². The van der Waals surface area contributed by atoms with E-state index in [1.807, 2.05) is 30.0 Å². The van der Waals surface area contributed by atoms with Crippen LogP contribution < -0.4 is 0 Å². The Balaban J connectivity index is 1.42. The molecule has 1 aromatic carbocycles. The van der Waals surface area contributed by atoms with Crippen LogP contribution in [0.4, 0.5) is 0 Å². The van der Waals surface area contributed by atoms with Gasteiger partial charge >= 0.3 is 0 Å². The molecule has 0 radical (unpaired) electrons. The van der Waals surface area contributed by atoms with E-state index in [1.165, 1.54) is 4.88 Å². The first-order valence-corrected chi connectivity index (χ1v) is 10.5. The zero-order valence-electron chi connectivity index (χ0n) is 15.3. The predicted octanol–water partition coefficient (Wildman–Crippen LogP) is 3.90. The minimum atomic E-state index is -0.0791. The third-order valence-electron chi connectivity index (χ3n) is 4.82. The Labute approximate surface area is 177 Å². The Bertz CT molecular complexity index is 994. The van der Waals surface area contributed by atoms with E-state index in [4.69, 9.17) is 23.2 Å². The number of halogens is 2. The summed E-state index contributed by atoms with van der Waals surface area (Å²) >= 11 is 13.7. The van der Waals surface area contributed by atoms with Crippen molar-refractivity contribution in [2.45, 2.75) is 13.5 Å². The van der Waals surface area contributed by atoms with Crippen molar-refractivity contribution < 1.29 is 4.79 Å². The van der Waals surface area contributed by atoms with Gasteiger partial charge in [0.1, 0.15) is 0 Å². The fourth-order valence-corrected chi connectivity index (χ4v) is 4.61. The maximum atomic E-state index is 13.0. The van der Waals surface area contributed by atoms with E-state index in [0.717, 1.165) is 29.7 Å². The third kappa shape index (κ3) is 4.07. The minimum absolute atomic E-state index is 0.0791. The maximum absolute atomic E-state index is 13.0. The number of piperazine rings is 1. The van der Waals surface area contributed by atoms with Gasteiger partial charge in [-0.2, -0.15) is 0 Å². The highest BCUT2D eigenvalue weighted by atomic mass is 35.5. The lowest BCUT2D eigenvalue weighted by Crippen LogP contribution is -2.48. The Kier molecular flexibility index (Phi) is 5.68. The summed E-state index contributed by atoms with van der Waals surface area (Å²) in [4.78, 5) is 18.4. The highest BCUT2D eigenvalue weighted by Crippen LogP contribution is 2.23. The van der Waals surface area contributed by atoms with E-state index < -0.39 is 0 Å². The average Bonchev–Trinajstić information content (AvgIpc) is 3.27. The molecule has 3 heterocycles. The predicted molar refractivity (Wildman–Crippen MR) is 112 cm³/mol. The molecule has 0 saturated carbocycles. The molecule has 28 heavy (non-hydrogen) atoms. The monoisotopic (exact) mass is 435 g/mol. The van der Waals surface area contributed by atoms with Crippen LogP contribution in [0, 0.1) is 6.92 Å². The van der Waals surface area contributed by atoms with Crippen LogP contribution in [0.5, 0.6) is 0 Å². The lowest BCUT2D eigenvalue weighted by Gasteiger charge is -2.34. The topological polar surface area (TPSA) is 54.3 Å². The number of thiophene rings is 1. The van der Waals surface area contributed by atoms with Gasteiger partial charge in [0, 0.05) is 42.6 Å². The first kappa shape index (κ1) is 19.4. The molecule has 0 spiro atoms. The van der Waals surface area contributed by atoms with Gasteiger partial charge in [-0.05, 0) is 37.3 Å². The molecule has 0 aliphatic carbocycles.